The van der Waals surface area contributed by atoms with Crippen molar-refractivity contribution in [2.24, 2.45) is 0 Å². The van der Waals surface area contributed by atoms with Crippen LogP contribution < -0.4 is 5.32 Å². The molecule has 0 radical (unpaired) electrons. The Morgan fingerprint density at radius 2 is 2.05 bits per heavy atom. The van der Waals surface area contributed by atoms with Crippen LogP contribution in [0.4, 0.5) is 0 Å². The number of nitrogens with zero attached hydrogens (tertiary/aromatic N) is 1. The van der Waals surface area contributed by atoms with E-state index in [4.69, 9.17) is 23.2 Å². The second-order valence-corrected chi connectivity index (χ2v) is 5.21. The van der Waals surface area contributed by atoms with Crippen LogP contribution in [0.15, 0.2) is 18.2 Å². The van der Waals surface area contributed by atoms with Gasteiger partial charge in [-0.1, -0.05) is 30.1 Å². The minimum atomic E-state index is -0.658. The lowest BCUT2D eigenvalue weighted by molar-refractivity contribution is -0.138. The van der Waals surface area contributed by atoms with Gasteiger partial charge in [-0.25, -0.2) is 0 Å². The molecule has 1 aromatic carbocycles. The third-order valence-corrected chi connectivity index (χ3v) is 3.81. The van der Waals surface area contributed by atoms with Gasteiger partial charge in [-0.2, -0.15) is 0 Å². The molecule has 1 aliphatic heterocycles. The standard InChI is InChI=1S/C13H12Cl2N2O3/c1-2-10-12(19)16-11(18)6-17(10)13(20)7-3-4-8(14)9(15)5-7/h3-5,10H,2,6H2,1H3,(H,16,18,19). The molecule has 0 aliphatic carbocycles. The van der Waals surface area contributed by atoms with Gasteiger partial charge >= 0.3 is 0 Å². The predicted molar refractivity (Wildman–Crippen MR) is 74.7 cm³/mol. The Morgan fingerprint density at radius 3 is 2.65 bits per heavy atom. The number of imide groups is 1. The maximum Gasteiger partial charge on any atom is 0.255 e. The molecule has 1 heterocycles. The quantitative estimate of drug-likeness (QED) is 0.847. The zero-order valence-corrected chi connectivity index (χ0v) is 12.2. The molecule has 3 amide bonds. The summed E-state index contributed by atoms with van der Waals surface area (Å²) < 4.78 is 0. The number of amides is 3. The summed E-state index contributed by atoms with van der Waals surface area (Å²) >= 11 is 11.7. The Morgan fingerprint density at radius 1 is 1.35 bits per heavy atom. The molecule has 106 valence electrons. The van der Waals surface area contributed by atoms with E-state index < -0.39 is 23.8 Å². The highest BCUT2D eigenvalue weighted by Crippen LogP contribution is 2.24. The first-order valence-electron chi connectivity index (χ1n) is 6.03. The highest BCUT2D eigenvalue weighted by molar-refractivity contribution is 6.42. The number of halogens is 2. The summed E-state index contributed by atoms with van der Waals surface area (Å²) in [6.07, 6.45) is 0.423. The van der Waals surface area contributed by atoms with E-state index in [1.54, 1.807) is 6.92 Å². The van der Waals surface area contributed by atoms with E-state index in [1.807, 2.05) is 0 Å². The van der Waals surface area contributed by atoms with Crippen molar-refractivity contribution in [3.63, 3.8) is 0 Å². The van der Waals surface area contributed by atoms with E-state index in [0.717, 1.165) is 0 Å². The second kappa shape index (κ2) is 5.81. The molecule has 0 saturated carbocycles. The van der Waals surface area contributed by atoms with Crippen molar-refractivity contribution < 1.29 is 14.4 Å². The smallest absolute Gasteiger partial charge is 0.255 e. The van der Waals surface area contributed by atoms with Gasteiger partial charge in [0, 0.05) is 5.56 Å². The zero-order chi connectivity index (χ0) is 14.9. The molecule has 1 aromatic rings. The molecule has 7 heteroatoms. The largest absolute Gasteiger partial charge is 0.317 e. The molecular weight excluding hydrogens is 303 g/mol. The van der Waals surface area contributed by atoms with Crippen molar-refractivity contribution >= 4 is 40.9 Å². The van der Waals surface area contributed by atoms with E-state index in [1.165, 1.54) is 23.1 Å². The number of benzene rings is 1. The van der Waals surface area contributed by atoms with Crippen LogP contribution in [0.25, 0.3) is 0 Å². The zero-order valence-electron chi connectivity index (χ0n) is 10.7. The summed E-state index contributed by atoms with van der Waals surface area (Å²) in [5.74, 6) is -1.37. The summed E-state index contributed by atoms with van der Waals surface area (Å²) in [6.45, 7) is 1.62. The second-order valence-electron chi connectivity index (χ2n) is 4.40. The van der Waals surface area contributed by atoms with Crippen molar-refractivity contribution in [2.75, 3.05) is 6.54 Å². The third kappa shape index (κ3) is 2.78. The predicted octanol–water partition coefficient (Wildman–Crippen LogP) is 1.87. The van der Waals surface area contributed by atoms with Crippen molar-refractivity contribution in [2.45, 2.75) is 19.4 Å². The number of nitrogens with one attached hydrogen (secondary N) is 1. The molecule has 0 spiro atoms. The fourth-order valence-corrected chi connectivity index (χ4v) is 2.38. The van der Waals surface area contributed by atoms with E-state index in [-0.39, 0.29) is 11.6 Å². The number of hydrogen-bond donors (Lipinski definition) is 1. The van der Waals surface area contributed by atoms with Crippen LogP contribution in [0.1, 0.15) is 23.7 Å². The minimum Gasteiger partial charge on any atom is -0.317 e. The van der Waals surface area contributed by atoms with Crippen LogP contribution in [0.2, 0.25) is 10.0 Å². The number of carbonyl (C=O) groups excluding carboxylic acids is 3. The summed E-state index contributed by atoms with van der Waals surface area (Å²) in [5, 5.41) is 2.80. The Labute approximate surface area is 125 Å². The van der Waals surface area contributed by atoms with Crippen LogP contribution in [0.5, 0.6) is 0 Å². The van der Waals surface area contributed by atoms with Gasteiger partial charge in [-0.05, 0) is 24.6 Å². The first-order valence-corrected chi connectivity index (χ1v) is 6.79. The molecule has 1 fully saturated rings. The molecule has 1 unspecified atom stereocenters. The Hall–Kier alpha value is -1.59. The Balaban J connectivity index is 2.32. The van der Waals surface area contributed by atoms with Gasteiger partial charge in [-0.15, -0.1) is 0 Å². The molecule has 20 heavy (non-hydrogen) atoms. The lowest BCUT2D eigenvalue weighted by atomic mass is 10.1. The van der Waals surface area contributed by atoms with Crippen LogP contribution >= 0.6 is 23.2 Å². The molecule has 1 saturated heterocycles. The maximum atomic E-state index is 12.4. The molecule has 2 rings (SSSR count). The third-order valence-electron chi connectivity index (χ3n) is 3.07. The van der Waals surface area contributed by atoms with Gasteiger partial charge in [-0.3, -0.25) is 19.7 Å². The molecule has 5 nitrogen and oxygen atoms in total. The monoisotopic (exact) mass is 314 g/mol. The van der Waals surface area contributed by atoms with E-state index in [9.17, 15) is 14.4 Å². The Kier molecular flexibility index (Phi) is 4.30. The van der Waals surface area contributed by atoms with Gasteiger partial charge in [0.25, 0.3) is 5.91 Å². The average molecular weight is 315 g/mol. The maximum absolute atomic E-state index is 12.4. The lowest BCUT2D eigenvalue weighted by Gasteiger charge is -2.33. The summed E-state index contributed by atoms with van der Waals surface area (Å²) in [5.41, 5.74) is 0.292. The highest BCUT2D eigenvalue weighted by atomic mass is 35.5. The van der Waals surface area contributed by atoms with Crippen LogP contribution in [-0.2, 0) is 9.59 Å². The first kappa shape index (κ1) is 14.8. The van der Waals surface area contributed by atoms with Gasteiger partial charge in [0.15, 0.2) is 0 Å². The van der Waals surface area contributed by atoms with Gasteiger partial charge < -0.3 is 4.90 Å². The number of carbonyl (C=O) groups is 3. The van der Waals surface area contributed by atoms with Crippen molar-refractivity contribution in [3.05, 3.63) is 33.8 Å². The van der Waals surface area contributed by atoms with Crippen LogP contribution in [-0.4, -0.2) is 35.2 Å². The number of rotatable bonds is 2. The minimum absolute atomic E-state index is 0.149. The van der Waals surface area contributed by atoms with Gasteiger partial charge in [0.1, 0.15) is 12.6 Å². The van der Waals surface area contributed by atoms with Crippen molar-refractivity contribution in [3.8, 4) is 0 Å². The van der Waals surface area contributed by atoms with Crippen LogP contribution in [0.3, 0.4) is 0 Å². The summed E-state index contributed by atoms with van der Waals surface area (Å²) in [7, 11) is 0. The van der Waals surface area contributed by atoms with E-state index in [2.05, 4.69) is 5.32 Å². The molecule has 1 atom stereocenters. The molecule has 0 aromatic heterocycles. The van der Waals surface area contributed by atoms with E-state index in [0.29, 0.717) is 17.0 Å². The molecule has 1 N–H and O–H groups in total. The van der Waals surface area contributed by atoms with E-state index >= 15 is 0 Å². The highest BCUT2D eigenvalue weighted by Gasteiger charge is 2.35. The summed E-state index contributed by atoms with van der Waals surface area (Å²) in [6, 6.07) is 3.79. The Bertz CT molecular complexity index is 589. The topological polar surface area (TPSA) is 66.5 Å². The summed E-state index contributed by atoms with van der Waals surface area (Å²) in [4.78, 5) is 36.8. The molecule has 1 aliphatic rings. The first-order chi connectivity index (χ1) is 9.43. The number of piperazine rings is 1. The normalized spacial score (nSPS) is 18.9. The molecule has 0 bridgehead atoms. The van der Waals surface area contributed by atoms with Crippen molar-refractivity contribution in [1.29, 1.82) is 0 Å². The number of hydrogen-bond acceptors (Lipinski definition) is 3. The SMILES string of the molecule is CCC1C(=O)NC(=O)CN1C(=O)c1ccc(Cl)c(Cl)c1. The fraction of sp³-hybridized carbons (Fsp3) is 0.308. The lowest BCUT2D eigenvalue weighted by Crippen LogP contribution is -2.59. The fourth-order valence-electron chi connectivity index (χ4n) is 2.08. The van der Waals surface area contributed by atoms with Crippen LogP contribution in [0, 0.1) is 0 Å². The van der Waals surface area contributed by atoms with Gasteiger partial charge in [0.2, 0.25) is 11.8 Å². The molecular formula is C13H12Cl2N2O3. The van der Waals surface area contributed by atoms with Gasteiger partial charge in [0.05, 0.1) is 10.0 Å². The van der Waals surface area contributed by atoms with Crippen molar-refractivity contribution in [1.82, 2.24) is 10.2 Å². The average Bonchev–Trinajstić information content (AvgIpc) is 2.40.